The zero-order valence-electron chi connectivity index (χ0n) is 18.2. The van der Waals surface area contributed by atoms with Crippen molar-refractivity contribution in [1.29, 1.82) is 0 Å². The van der Waals surface area contributed by atoms with Gasteiger partial charge in [-0.15, -0.1) is 10.2 Å². The molecule has 166 valence electrons. The van der Waals surface area contributed by atoms with Crippen molar-refractivity contribution in [2.45, 2.75) is 45.2 Å². The molecule has 1 saturated heterocycles. The van der Waals surface area contributed by atoms with E-state index in [1.807, 2.05) is 18.7 Å². The van der Waals surface area contributed by atoms with Crippen LogP contribution in [-0.4, -0.2) is 63.3 Å². The summed E-state index contributed by atoms with van der Waals surface area (Å²) in [6.45, 7) is 6.01. The Hall–Kier alpha value is -2.97. The number of likely N-dealkylation sites (tertiary alicyclic amines) is 1. The van der Waals surface area contributed by atoms with Crippen LogP contribution in [0.5, 0.6) is 0 Å². The smallest absolute Gasteiger partial charge is 0.409 e. The lowest BCUT2D eigenvalue weighted by Gasteiger charge is -2.48. The van der Waals surface area contributed by atoms with Gasteiger partial charge in [-0.2, -0.15) is 0 Å². The van der Waals surface area contributed by atoms with Crippen LogP contribution in [0.3, 0.4) is 0 Å². The molecule has 31 heavy (non-hydrogen) atoms. The number of ether oxygens (including phenoxy) is 1. The number of rotatable bonds is 3. The standard InChI is InChI=1S/C22H28FN5O3/c1-15(2)12-19(29)26-10-8-22(9-11-26)14-27(21(30)31-3)13-18-24-25-20(28(18)22)16-4-6-17(23)7-5-16/h4-7,15H,8-14H2,1-3H3. The number of fused-ring (bicyclic) bond motifs is 2. The molecule has 1 fully saturated rings. The molecular formula is C22H28FN5O3. The van der Waals surface area contributed by atoms with Gasteiger partial charge in [-0.25, -0.2) is 9.18 Å². The molecule has 1 spiro atoms. The number of piperidine rings is 1. The number of methoxy groups -OCH3 is 1. The fraction of sp³-hybridized carbons (Fsp3) is 0.545. The van der Waals surface area contributed by atoms with Crippen molar-refractivity contribution in [3.8, 4) is 11.4 Å². The Balaban J connectivity index is 1.69. The third-order valence-corrected chi connectivity index (χ3v) is 6.19. The van der Waals surface area contributed by atoms with E-state index < -0.39 is 11.6 Å². The van der Waals surface area contributed by atoms with Crippen LogP contribution in [0.15, 0.2) is 24.3 Å². The lowest BCUT2D eigenvalue weighted by molar-refractivity contribution is -0.134. The van der Waals surface area contributed by atoms with Crippen LogP contribution < -0.4 is 0 Å². The van der Waals surface area contributed by atoms with Crippen LogP contribution >= 0.6 is 0 Å². The Labute approximate surface area is 181 Å². The highest BCUT2D eigenvalue weighted by Crippen LogP contribution is 2.39. The average molecular weight is 429 g/mol. The first-order valence-electron chi connectivity index (χ1n) is 10.6. The van der Waals surface area contributed by atoms with Gasteiger partial charge < -0.3 is 14.2 Å². The lowest BCUT2D eigenvalue weighted by Crippen LogP contribution is -2.57. The molecule has 0 bridgehead atoms. The number of amides is 2. The number of carbonyl (C=O) groups is 2. The van der Waals surface area contributed by atoms with E-state index in [4.69, 9.17) is 4.74 Å². The van der Waals surface area contributed by atoms with Crippen molar-refractivity contribution in [2.75, 3.05) is 26.7 Å². The summed E-state index contributed by atoms with van der Waals surface area (Å²) >= 11 is 0. The Bertz CT molecular complexity index is 964. The van der Waals surface area contributed by atoms with E-state index in [2.05, 4.69) is 14.8 Å². The summed E-state index contributed by atoms with van der Waals surface area (Å²) in [5.74, 6) is 1.47. The third kappa shape index (κ3) is 4.00. The molecular weight excluding hydrogens is 401 g/mol. The molecule has 1 aromatic heterocycles. The lowest BCUT2D eigenvalue weighted by atomic mass is 9.84. The number of aromatic nitrogens is 3. The quantitative estimate of drug-likeness (QED) is 0.749. The number of halogens is 1. The summed E-state index contributed by atoms with van der Waals surface area (Å²) in [6.07, 6.45) is 1.46. The number of benzene rings is 1. The SMILES string of the molecule is COC(=O)N1Cc2nnc(-c3ccc(F)cc3)n2C2(CCN(C(=O)CC(C)C)CC2)C1. The molecule has 8 nitrogen and oxygen atoms in total. The Morgan fingerprint density at radius 1 is 1.13 bits per heavy atom. The first-order valence-corrected chi connectivity index (χ1v) is 10.6. The van der Waals surface area contributed by atoms with Crippen molar-refractivity contribution < 1.29 is 18.7 Å². The van der Waals surface area contributed by atoms with Crippen LogP contribution in [0.1, 0.15) is 38.9 Å². The summed E-state index contributed by atoms with van der Waals surface area (Å²) in [7, 11) is 1.37. The summed E-state index contributed by atoms with van der Waals surface area (Å²) in [4.78, 5) is 28.5. The van der Waals surface area contributed by atoms with Crippen LogP contribution in [0.25, 0.3) is 11.4 Å². The van der Waals surface area contributed by atoms with Crippen molar-refractivity contribution in [3.63, 3.8) is 0 Å². The van der Waals surface area contributed by atoms with Gasteiger partial charge in [-0.3, -0.25) is 9.69 Å². The molecule has 0 saturated carbocycles. The number of hydrogen-bond acceptors (Lipinski definition) is 5. The zero-order valence-corrected chi connectivity index (χ0v) is 18.2. The predicted molar refractivity (Wildman–Crippen MR) is 111 cm³/mol. The second-order valence-electron chi connectivity index (χ2n) is 8.81. The predicted octanol–water partition coefficient (Wildman–Crippen LogP) is 3.03. The van der Waals surface area contributed by atoms with Gasteiger partial charge in [-0.05, 0) is 43.0 Å². The highest BCUT2D eigenvalue weighted by molar-refractivity contribution is 5.76. The van der Waals surface area contributed by atoms with Crippen molar-refractivity contribution in [1.82, 2.24) is 24.6 Å². The van der Waals surface area contributed by atoms with Gasteiger partial charge in [0.05, 0.1) is 19.2 Å². The second-order valence-corrected chi connectivity index (χ2v) is 8.81. The van der Waals surface area contributed by atoms with Crippen LogP contribution in [0.2, 0.25) is 0 Å². The normalized spacial score (nSPS) is 17.7. The van der Waals surface area contributed by atoms with Gasteiger partial charge in [0.25, 0.3) is 0 Å². The summed E-state index contributed by atoms with van der Waals surface area (Å²) in [5.41, 5.74) is 0.313. The molecule has 0 N–H and O–H groups in total. The molecule has 3 heterocycles. The van der Waals surface area contributed by atoms with E-state index in [0.717, 1.165) is 5.56 Å². The zero-order chi connectivity index (χ0) is 22.2. The first-order chi connectivity index (χ1) is 14.8. The molecule has 1 aromatic carbocycles. The molecule has 2 aliphatic rings. The maximum absolute atomic E-state index is 13.5. The van der Waals surface area contributed by atoms with E-state index >= 15 is 0 Å². The van der Waals surface area contributed by atoms with Crippen molar-refractivity contribution >= 4 is 12.0 Å². The number of carbonyl (C=O) groups excluding carboxylic acids is 2. The molecule has 9 heteroatoms. The molecule has 0 radical (unpaired) electrons. The van der Waals surface area contributed by atoms with E-state index in [0.29, 0.717) is 63.0 Å². The Morgan fingerprint density at radius 2 is 1.81 bits per heavy atom. The first kappa shape index (κ1) is 21.3. The van der Waals surface area contributed by atoms with E-state index in [9.17, 15) is 14.0 Å². The van der Waals surface area contributed by atoms with Crippen molar-refractivity contribution in [3.05, 3.63) is 35.9 Å². The molecule has 0 atom stereocenters. The fourth-order valence-electron chi connectivity index (χ4n) is 4.65. The highest BCUT2D eigenvalue weighted by Gasteiger charge is 2.46. The van der Waals surface area contributed by atoms with Gasteiger partial charge >= 0.3 is 6.09 Å². The third-order valence-electron chi connectivity index (χ3n) is 6.19. The van der Waals surface area contributed by atoms with Crippen LogP contribution in [0.4, 0.5) is 9.18 Å². The maximum Gasteiger partial charge on any atom is 0.409 e. The average Bonchev–Trinajstić information content (AvgIpc) is 3.18. The van der Waals surface area contributed by atoms with Gasteiger partial charge in [0.1, 0.15) is 5.82 Å². The highest BCUT2D eigenvalue weighted by atomic mass is 19.1. The minimum absolute atomic E-state index is 0.160. The minimum Gasteiger partial charge on any atom is -0.453 e. The van der Waals surface area contributed by atoms with E-state index in [-0.39, 0.29) is 11.7 Å². The van der Waals surface area contributed by atoms with Crippen molar-refractivity contribution in [2.24, 2.45) is 5.92 Å². The van der Waals surface area contributed by atoms with E-state index in [1.165, 1.54) is 19.2 Å². The van der Waals surface area contributed by atoms with E-state index in [1.54, 1.807) is 17.0 Å². The van der Waals surface area contributed by atoms with Crippen LogP contribution in [0, 0.1) is 11.7 Å². The minimum atomic E-state index is -0.455. The molecule has 4 rings (SSSR count). The molecule has 2 amide bonds. The van der Waals surface area contributed by atoms with Gasteiger partial charge in [0.2, 0.25) is 5.91 Å². The number of nitrogens with zero attached hydrogens (tertiary/aromatic N) is 5. The van der Waals surface area contributed by atoms with Crippen LogP contribution in [-0.2, 0) is 21.6 Å². The summed E-state index contributed by atoms with van der Waals surface area (Å²) < 4.78 is 20.5. The van der Waals surface area contributed by atoms with Gasteiger partial charge in [-0.1, -0.05) is 13.8 Å². The Morgan fingerprint density at radius 3 is 2.42 bits per heavy atom. The maximum atomic E-state index is 13.5. The summed E-state index contributed by atoms with van der Waals surface area (Å²) in [6, 6.07) is 6.18. The fourth-order valence-corrected chi connectivity index (χ4v) is 4.65. The molecule has 2 aliphatic heterocycles. The monoisotopic (exact) mass is 429 g/mol. The Kier molecular flexibility index (Phi) is 5.68. The summed E-state index contributed by atoms with van der Waals surface area (Å²) in [5, 5.41) is 8.75. The topological polar surface area (TPSA) is 80.6 Å². The van der Waals surface area contributed by atoms with Gasteiger partial charge in [0.15, 0.2) is 11.6 Å². The molecule has 2 aromatic rings. The largest absolute Gasteiger partial charge is 0.453 e. The molecule has 0 aliphatic carbocycles. The second kappa shape index (κ2) is 8.28. The molecule has 0 unspecified atom stereocenters. The van der Waals surface area contributed by atoms with Gasteiger partial charge in [0, 0.05) is 31.6 Å². The number of hydrogen-bond donors (Lipinski definition) is 0.